The summed E-state index contributed by atoms with van der Waals surface area (Å²) in [6, 6.07) is 10.4. The molecule has 0 aliphatic heterocycles. The average Bonchev–Trinajstić information content (AvgIpc) is 3.13. The fourth-order valence-electron chi connectivity index (χ4n) is 7.80. The molecule has 3 nitrogen and oxygen atoms in total. The Balaban J connectivity index is 2.68. The molecule has 0 heterocycles. The van der Waals surface area contributed by atoms with E-state index in [9.17, 15) is 4.79 Å². The van der Waals surface area contributed by atoms with Crippen molar-refractivity contribution in [3.63, 3.8) is 0 Å². The molecule has 0 radical (unpaired) electrons. The third-order valence-corrected chi connectivity index (χ3v) is 11.2. The van der Waals surface area contributed by atoms with Crippen LogP contribution in [0.15, 0.2) is 30.3 Å². The number of esters is 1. The van der Waals surface area contributed by atoms with Crippen LogP contribution < -0.4 is 0 Å². The van der Waals surface area contributed by atoms with E-state index in [4.69, 9.17) is 4.74 Å². The number of ether oxygens (including phenoxy) is 1. The van der Waals surface area contributed by atoms with Gasteiger partial charge in [0.1, 0.15) is 0 Å². The summed E-state index contributed by atoms with van der Waals surface area (Å²) in [4.78, 5) is 13.1. The van der Waals surface area contributed by atoms with Gasteiger partial charge in [0.2, 0.25) is 0 Å². The molecule has 0 aliphatic carbocycles. The Labute approximate surface area is 314 Å². The lowest BCUT2D eigenvalue weighted by atomic mass is 10.0. The average molecular weight is 699 g/mol. The Morgan fingerprint density at radius 3 is 1.10 bits per heavy atom. The van der Waals surface area contributed by atoms with Crippen LogP contribution in [0.2, 0.25) is 0 Å². The van der Waals surface area contributed by atoms with Gasteiger partial charge < -0.3 is 9.22 Å². The predicted octanol–water partition coefficient (Wildman–Crippen LogP) is 14.7. The molecule has 0 spiro atoms. The highest BCUT2D eigenvalue weighted by Crippen LogP contribution is 2.21. The Morgan fingerprint density at radius 1 is 0.440 bits per heavy atom. The maximum absolute atomic E-state index is 13.1. The molecule has 0 unspecified atom stereocenters. The fourth-order valence-corrected chi connectivity index (χ4v) is 7.80. The van der Waals surface area contributed by atoms with Gasteiger partial charge in [0.15, 0.2) is 0 Å². The first-order valence-electron chi connectivity index (χ1n) is 22.7. The summed E-state index contributed by atoms with van der Waals surface area (Å²) in [6.45, 7) is 12.1. The molecule has 292 valence electrons. The van der Waals surface area contributed by atoms with Crippen molar-refractivity contribution in [1.82, 2.24) is 0 Å². The molecule has 0 bridgehead atoms. The zero-order valence-electron chi connectivity index (χ0n) is 34.3. The monoisotopic (exact) mass is 699 g/mol. The number of hydrogen-bond acceptors (Lipinski definition) is 2. The summed E-state index contributed by atoms with van der Waals surface area (Å²) in [5.74, 6) is 0.0117. The number of quaternary nitrogens is 1. The van der Waals surface area contributed by atoms with Crippen molar-refractivity contribution >= 4 is 5.97 Å². The third-order valence-electron chi connectivity index (χ3n) is 11.2. The summed E-state index contributed by atoms with van der Waals surface area (Å²) in [6.07, 6.45) is 43.0. The number of carbonyl (C=O) groups excluding carboxylic acids is 1. The molecule has 0 saturated carbocycles. The second kappa shape index (κ2) is 36.0. The van der Waals surface area contributed by atoms with Crippen molar-refractivity contribution in [2.24, 2.45) is 0 Å². The molecule has 3 heteroatoms. The van der Waals surface area contributed by atoms with Crippen LogP contribution in [0, 0.1) is 0 Å². The smallest absolute Gasteiger partial charge is 0.311 e. The van der Waals surface area contributed by atoms with Crippen molar-refractivity contribution in [3.05, 3.63) is 35.9 Å². The molecule has 0 aliphatic rings. The van der Waals surface area contributed by atoms with E-state index >= 15 is 0 Å². The molecular formula is C47H88NO2+. The second-order valence-electron chi connectivity index (χ2n) is 16.0. The molecule has 0 amide bonds. The molecule has 1 rings (SSSR count). The van der Waals surface area contributed by atoms with Gasteiger partial charge in [0.05, 0.1) is 39.2 Å². The summed E-state index contributed by atoms with van der Waals surface area (Å²) >= 11 is 0. The summed E-state index contributed by atoms with van der Waals surface area (Å²) < 4.78 is 6.96. The first-order valence-corrected chi connectivity index (χ1v) is 22.7. The number of carbonyl (C=O) groups is 1. The molecule has 0 aromatic heterocycles. The first-order chi connectivity index (χ1) is 24.7. The van der Waals surface area contributed by atoms with E-state index in [0.29, 0.717) is 13.0 Å². The standard InChI is InChI=1S/C47H88NO2/c1-4-7-10-13-16-19-22-25-28-34-41-48(42-35-29-26-23-20-17-14-11-8-5-2,43-36-30-27-24-21-18-15-12-9-6-3)44-39-47(49)50-45-40-46-37-32-31-33-38-46/h31-33,37-38H,4-30,34-36,39-45H2,1-3H3/q+1. The summed E-state index contributed by atoms with van der Waals surface area (Å²) in [7, 11) is 0. The molecular weight excluding hydrogens is 611 g/mol. The van der Waals surface area contributed by atoms with Crippen molar-refractivity contribution in [2.75, 3.05) is 32.8 Å². The maximum atomic E-state index is 13.1. The Bertz CT molecular complexity index is 764. The molecule has 1 aromatic rings. The lowest BCUT2D eigenvalue weighted by Gasteiger charge is -2.39. The van der Waals surface area contributed by atoms with Crippen LogP contribution >= 0.6 is 0 Å². The van der Waals surface area contributed by atoms with Crippen LogP contribution in [0.4, 0.5) is 0 Å². The largest absolute Gasteiger partial charge is 0.465 e. The summed E-state index contributed by atoms with van der Waals surface area (Å²) in [5, 5.41) is 0. The highest BCUT2D eigenvalue weighted by Gasteiger charge is 2.27. The molecule has 1 aromatic carbocycles. The topological polar surface area (TPSA) is 26.3 Å². The first kappa shape index (κ1) is 46.7. The minimum Gasteiger partial charge on any atom is -0.465 e. The Morgan fingerprint density at radius 2 is 0.760 bits per heavy atom. The van der Waals surface area contributed by atoms with Gasteiger partial charge >= 0.3 is 5.97 Å². The minimum atomic E-state index is 0.0117. The number of benzene rings is 1. The highest BCUT2D eigenvalue weighted by atomic mass is 16.5. The van der Waals surface area contributed by atoms with E-state index in [2.05, 4.69) is 45.0 Å². The normalized spacial score (nSPS) is 11.7. The molecule has 0 N–H and O–H groups in total. The second-order valence-corrected chi connectivity index (χ2v) is 16.0. The summed E-state index contributed by atoms with van der Waals surface area (Å²) in [5.41, 5.74) is 1.24. The van der Waals surface area contributed by atoms with E-state index < -0.39 is 0 Å². The van der Waals surface area contributed by atoms with Gasteiger partial charge in [0.25, 0.3) is 0 Å². The fraction of sp³-hybridized carbons (Fsp3) is 0.851. The van der Waals surface area contributed by atoms with E-state index in [-0.39, 0.29) is 5.97 Å². The lowest BCUT2D eigenvalue weighted by molar-refractivity contribution is -0.928. The molecule has 0 saturated heterocycles. The SMILES string of the molecule is CCCCCCCCCCCC[N+](CCCCCCCCCCCC)(CCCCCCCCCCCC)CCC(=O)OCCc1ccccc1. The number of nitrogens with zero attached hydrogens (tertiary/aromatic N) is 1. The molecule has 0 fully saturated rings. The molecule has 0 atom stereocenters. The van der Waals surface area contributed by atoms with E-state index in [0.717, 1.165) is 17.4 Å². The zero-order valence-corrected chi connectivity index (χ0v) is 34.3. The molecule has 50 heavy (non-hydrogen) atoms. The van der Waals surface area contributed by atoms with E-state index in [1.165, 1.54) is 218 Å². The predicted molar refractivity (Wildman–Crippen MR) is 221 cm³/mol. The van der Waals surface area contributed by atoms with Crippen LogP contribution in [0.25, 0.3) is 0 Å². The van der Waals surface area contributed by atoms with Gasteiger partial charge in [-0.2, -0.15) is 0 Å². The number of unbranched alkanes of at least 4 members (excludes halogenated alkanes) is 27. The van der Waals surface area contributed by atoms with Crippen molar-refractivity contribution in [3.8, 4) is 0 Å². The van der Waals surface area contributed by atoms with Crippen LogP contribution in [-0.2, 0) is 16.0 Å². The van der Waals surface area contributed by atoms with E-state index in [1.54, 1.807) is 0 Å². The van der Waals surface area contributed by atoms with Crippen LogP contribution in [0.5, 0.6) is 0 Å². The Hall–Kier alpha value is -1.35. The van der Waals surface area contributed by atoms with Gasteiger partial charge in [-0.3, -0.25) is 4.79 Å². The van der Waals surface area contributed by atoms with Crippen molar-refractivity contribution < 1.29 is 14.0 Å². The van der Waals surface area contributed by atoms with Crippen molar-refractivity contribution in [2.45, 2.75) is 226 Å². The quantitative estimate of drug-likeness (QED) is 0.0389. The van der Waals surface area contributed by atoms with Gasteiger partial charge in [-0.1, -0.05) is 205 Å². The van der Waals surface area contributed by atoms with Crippen LogP contribution in [0.1, 0.15) is 225 Å². The number of hydrogen-bond donors (Lipinski definition) is 0. The lowest BCUT2D eigenvalue weighted by Crippen LogP contribution is -2.51. The minimum absolute atomic E-state index is 0.0117. The zero-order chi connectivity index (χ0) is 36.1. The highest BCUT2D eigenvalue weighted by molar-refractivity contribution is 5.69. The van der Waals surface area contributed by atoms with Crippen molar-refractivity contribution in [1.29, 1.82) is 0 Å². The van der Waals surface area contributed by atoms with Crippen LogP contribution in [-0.4, -0.2) is 43.2 Å². The number of rotatable bonds is 39. The van der Waals surface area contributed by atoms with Gasteiger partial charge in [-0.05, 0) is 44.1 Å². The maximum Gasteiger partial charge on any atom is 0.311 e. The van der Waals surface area contributed by atoms with Gasteiger partial charge in [-0.25, -0.2) is 0 Å². The van der Waals surface area contributed by atoms with Gasteiger partial charge in [0, 0.05) is 6.42 Å². The van der Waals surface area contributed by atoms with Crippen LogP contribution in [0.3, 0.4) is 0 Å². The third kappa shape index (κ3) is 29.3. The van der Waals surface area contributed by atoms with Gasteiger partial charge in [-0.15, -0.1) is 0 Å². The Kier molecular flexibility index (Phi) is 33.6. The van der Waals surface area contributed by atoms with E-state index in [1.807, 2.05) is 6.07 Å².